The number of rotatable bonds is 4. The summed E-state index contributed by atoms with van der Waals surface area (Å²) >= 11 is 0. The fraction of sp³-hybridized carbons (Fsp3) is 0.176. The minimum Gasteiger partial charge on any atom is -0.347 e. The molecule has 0 radical (unpaired) electrons. The van der Waals surface area contributed by atoms with Crippen LogP contribution in [0.1, 0.15) is 27.3 Å². The number of carbonyl (C=O) groups excluding carboxylic acids is 1. The van der Waals surface area contributed by atoms with Gasteiger partial charge >= 0.3 is 6.18 Å². The molecule has 0 bridgehead atoms. The number of benzene rings is 1. The molecule has 2 aromatic heterocycles. The minimum atomic E-state index is -4.46. The second kappa shape index (κ2) is 6.95. The standard InChI is InChI=1S/C17H14F3N5O/c1-11-15(16(26)22-10-12-5-7-21-8-6-12)23-24-25(11)14-4-2-3-13(9-14)17(18,19)20/h2-9H,10H2,1H3,(H,22,26). The molecule has 0 atom stereocenters. The van der Waals surface area contributed by atoms with Crippen LogP contribution in [0.2, 0.25) is 0 Å². The van der Waals surface area contributed by atoms with E-state index in [9.17, 15) is 18.0 Å². The first-order valence-corrected chi connectivity index (χ1v) is 7.63. The van der Waals surface area contributed by atoms with Crippen molar-refractivity contribution in [2.45, 2.75) is 19.6 Å². The lowest BCUT2D eigenvalue weighted by molar-refractivity contribution is -0.137. The predicted molar refractivity (Wildman–Crippen MR) is 86.5 cm³/mol. The van der Waals surface area contributed by atoms with Crippen molar-refractivity contribution in [1.82, 2.24) is 25.3 Å². The molecule has 6 nitrogen and oxygen atoms in total. The zero-order chi connectivity index (χ0) is 18.7. The Labute approximate surface area is 146 Å². The van der Waals surface area contributed by atoms with E-state index in [-0.39, 0.29) is 17.9 Å². The van der Waals surface area contributed by atoms with Gasteiger partial charge in [-0.3, -0.25) is 9.78 Å². The highest BCUT2D eigenvalue weighted by Crippen LogP contribution is 2.30. The first-order chi connectivity index (χ1) is 12.4. The molecule has 134 valence electrons. The number of nitrogens with zero attached hydrogens (tertiary/aromatic N) is 4. The highest BCUT2D eigenvalue weighted by Gasteiger charge is 2.30. The summed E-state index contributed by atoms with van der Waals surface area (Å²) in [6.45, 7) is 1.85. The zero-order valence-electron chi connectivity index (χ0n) is 13.7. The van der Waals surface area contributed by atoms with Gasteiger partial charge in [0.05, 0.1) is 16.9 Å². The van der Waals surface area contributed by atoms with Crippen molar-refractivity contribution in [2.75, 3.05) is 0 Å². The number of alkyl halides is 3. The van der Waals surface area contributed by atoms with Crippen LogP contribution < -0.4 is 5.32 Å². The molecule has 9 heteroatoms. The Morgan fingerprint density at radius 3 is 2.62 bits per heavy atom. The number of hydrogen-bond donors (Lipinski definition) is 1. The molecule has 0 aliphatic rings. The molecule has 1 aromatic carbocycles. The smallest absolute Gasteiger partial charge is 0.347 e. The summed E-state index contributed by atoms with van der Waals surface area (Å²) in [7, 11) is 0. The van der Waals surface area contributed by atoms with E-state index in [0.29, 0.717) is 5.69 Å². The number of nitrogens with one attached hydrogen (secondary N) is 1. The van der Waals surface area contributed by atoms with Crippen LogP contribution in [0.4, 0.5) is 13.2 Å². The lowest BCUT2D eigenvalue weighted by Crippen LogP contribution is -2.24. The molecular formula is C17H14F3N5O. The van der Waals surface area contributed by atoms with E-state index in [1.165, 1.54) is 16.8 Å². The van der Waals surface area contributed by atoms with Crippen LogP contribution in [0.5, 0.6) is 0 Å². The monoisotopic (exact) mass is 361 g/mol. The van der Waals surface area contributed by atoms with Crippen LogP contribution >= 0.6 is 0 Å². The molecule has 3 aromatic rings. The number of carbonyl (C=O) groups is 1. The third kappa shape index (κ3) is 3.71. The number of aromatic nitrogens is 4. The van der Waals surface area contributed by atoms with E-state index in [1.54, 1.807) is 31.5 Å². The second-order valence-electron chi connectivity index (χ2n) is 5.52. The van der Waals surface area contributed by atoms with E-state index < -0.39 is 17.6 Å². The van der Waals surface area contributed by atoms with Gasteiger partial charge < -0.3 is 5.32 Å². The Morgan fingerprint density at radius 2 is 1.92 bits per heavy atom. The summed E-state index contributed by atoms with van der Waals surface area (Å²) in [6.07, 6.45) is -1.25. The predicted octanol–water partition coefficient (Wildman–Crippen LogP) is 2.92. The molecule has 1 N–H and O–H groups in total. The number of halogens is 3. The SMILES string of the molecule is Cc1c(C(=O)NCc2ccncc2)nnn1-c1cccc(C(F)(F)F)c1. The maximum absolute atomic E-state index is 12.9. The Bertz CT molecular complexity index is 922. The molecule has 2 heterocycles. The molecular weight excluding hydrogens is 347 g/mol. The van der Waals surface area contributed by atoms with E-state index in [4.69, 9.17) is 0 Å². The van der Waals surface area contributed by atoms with E-state index in [0.717, 1.165) is 17.7 Å². The summed E-state index contributed by atoms with van der Waals surface area (Å²) in [6, 6.07) is 8.19. The van der Waals surface area contributed by atoms with Gasteiger partial charge in [0.15, 0.2) is 5.69 Å². The van der Waals surface area contributed by atoms with Crippen molar-refractivity contribution in [3.63, 3.8) is 0 Å². The molecule has 0 unspecified atom stereocenters. The average molecular weight is 361 g/mol. The van der Waals surface area contributed by atoms with Gasteiger partial charge in [-0.1, -0.05) is 11.3 Å². The molecule has 0 aliphatic heterocycles. The Morgan fingerprint density at radius 1 is 1.19 bits per heavy atom. The molecule has 0 saturated carbocycles. The Hall–Kier alpha value is -3.23. The van der Waals surface area contributed by atoms with Gasteiger partial charge in [-0.2, -0.15) is 13.2 Å². The molecule has 0 fully saturated rings. The third-order valence-corrected chi connectivity index (χ3v) is 3.73. The highest BCUT2D eigenvalue weighted by atomic mass is 19.4. The van der Waals surface area contributed by atoms with Crippen molar-refractivity contribution in [1.29, 1.82) is 0 Å². The maximum atomic E-state index is 12.9. The van der Waals surface area contributed by atoms with Crippen molar-refractivity contribution < 1.29 is 18.0 Å². The quantitative estimate of drug-likeness (QED) is 0.776. The molecule has 3 rings (SSSR count). The van der Waals surface area contributed by atoms with E-state index >= 15 is 0 Å². The summed E-state index contributed by atoms with van der Waals surface area (Å²) in [4.78, 5) is 16.2. The van der Waals surface area contributed by atoms with E-state index in [1.807, 2.05) is 0 Å². The van der Waals surface area contributed by atoms with Gasteiger partial charge in [-0.15, -0.1) is 5.10 Å². The molecule has 26 heavy (non-hydrogen) atoms. The average Bonchev–Trinajstić information content (AvgIpc) is 3.01. The topological polar surface area (TPSA) is 72.7 Å². The van der Waals surface area contributed by atoms with Gasteiger partial charge in [0, 0.05) is 18.9 Å². The number of hydrogen-bond acceptors (Lipinski definition) is 4. The van der Waals surface area contributed by atoms with Crippen LogP contribution in [-0.4, -0.2) is 25.9 Å². The van der Waals surface area contributed by atoms with Crippen LogP contribution in [0.15, 0.2) is 48.8 Å². The van der Waals surface area contributed by atoms with Gasteiger partial charge in [0.25, 0.3) is 5.91 Å². The summed E-state index contributed by atoms with van der Waals surface area (Å²) in [5.74, 6) is -0.461. The summed E-state index contributed by atoms with van der Waals surface area (Å²) < 4.78 is 39.8. The fourth-order valence-electron chi connectivity index (χ4n) is 2.36. The van der Waals surface area contributed by atoms with Crippen LogP contribution in [-0.2, 0) is 12.7 Å². The summed E-state index contributed by atoms with van der Waals surface area (Å²) in [5.41, 5.74) is 0.635. The number of pyridine rings is 1. The normalized spacial score (nSPS) is 11.4. The van der Waals surface area contributed by atoms with Crippen molar-refractivity contribution in [2.24, 2.45) is 0 Å². The lowest BCUT2D eigenvalue weighted by Gasteiger charge is -2.09. The minimum absolute atomic E-state index is 0.0523. The van der Waals surface area contributed by atoms with Gasteiger partial charge in [0.1, 0.15) is 0 Å². The van der Waals surface area contributed by atoms with Gasteiger partial charge in [-0.25, -0.2) is 4.68 Å². The number of amides is 1. The summed E-state index contributed by atoms with van der Waals surface area (Å²) in [5, 5.41) is 10.3. The third-order valence-electron chi connectivity index (χ3n) is 3.73. The van der Waals surface area contributed by atoms with Crippen LogP contribution in [0, 0.1) is 6.92 Å². The Kier molecular flexibility index (Phi) is 4.70. The first kappa shape index (κ1) is 17.6. The molecule has 0 saturated heterocycles. The fourth-order valence-corrected chi connectivity index (χ4v) is 2.36. The van der Waals surface area contributed by atoms with Crippen LogP contribution in [0.3, 0.4) is 0 Å². The van der Waals surface area contributed by atoms with Crippen molar-refractivity contribution in [3.8, 4) is 5.69 Å². The van der Waals surface area contributed by atoms with Gasteiger partial charge in [0.2, 0.25) is 0 Å². The second-order valence-corrected chi connectivity index (χ2v) is 5.52. The largest absolute Gasteiger partial charge is 0.416 e. The van der Waals surface area contributed by atoms with Crippen LogP contribution in [0.25, 0.3) is 5.69 Å². The maximum Gasteiger partial charge on any atom is 0.416 e. The Balaban J connectivity index is 1.81. The lowest BCUT2D eigenvalue weighted by atomic mass is 10.2. The molecule has 0 spiro atoms. The molecule has 1 amide bonds. The highest BCUT2D eigenvalue weighted by molar-refractivity contribution is 5.93. The van der Waals surface area contributed by atoms with Gasteiger partial charge in [-0.05, 0) is 42.8 Å². The van der Waals surface area contributed by atoms with E-state index in [2.05, 4.69) is 20.6 Å². The molecule has 0 aliphatic carbocycles. The zero-order valence-corrected chi connectivity index (χ0v) is 13.7. The first-order valence-electron chi connectivity index (χ1n) is 7.63. The van der Waals surface area contributed by atoms with Crippen molar-refractivity contribution in [3.05, 3.63) is 71.3 Å². The van der Waals surface area contributed by atoms with Crippen molar-refractivity contribution >= 4 is 5.91 Å².